The van der Waals surface area contributed by atoms with Gasteiger partial charge in [-0.25, -0.2) is 0 Å². The SMILES string of the molecule is CN(CC(=O)N1CCOC[C@H](CO)C1)Cc1ccccn1. The molecule has 2 heterocycles. The average molecular weight is 293 g/mol. The molecule has 0 bridgehead atoms. The van der Waals surface area contributed by atoms with Gasteiger partial charge in [-0.15, -0.1) is 0 Å². The zero-order chi connectivity index (χ0) is 15.1. The van der Waals surface area contributed by atoms with Gasteiger partial charge in [-0.2, -0.15) is 0 Å². The molecule has 1 N–H and O–H groups in total. The normalized spacial score (nSPS) is 19.6. The third-order valence-corrected chi connectivity index (χ3v) is 3.51. The van der Waals surface area contributed by atoms with E-state index in [9.17, 15) is 9.90 Å². The van der Waals surface area contributed by atoms with E-state index in [1.807, 2.05) is 30.1 Å². The highest BCUT2D eigenvalue weighted by atomic mass is 16.5. The number of aliphatic hydroxyl groups excluding tert-OH is 1. The van der Waals surface area contributed by atoms with Gasteiger partial charge in [-0.05, 0) is 19.2 Å². The molecular formula is C15H23N3O3. The van der Waals surface area contributed by atoms with Crippen molar-refractivity contribution < 1.29 is 14.6 Å². The van der Waals surface area contributed by atoms with Crippen LogP contribution >= 0.6 is 0 Å². The van der Waals surface area contributed by atoms with Crippen molar-refractivity contribution in [3.8, 4) is 0 Å². The lowest BCUT2D eigenvalue weighted by Crippen LogP contribution is -2.42. The molecule has 1 aliphatic heterocycles. The van der Waals surface area contributed by atoms with Crippen molar-refractivity contribution in [2.45, 2.75) is 6.54 Å². The molecule has 0 unspecified atom stereocenters. The molecule has 0 aromatic carbocycles. The maximum atomic E-state index is 12.3. The van der Waals surface area contributed by atoms with E-state index in [1.165, 1.54) is 0 Å². The minimum atomic E-state index is 0.0116. The van der Waals surface area contributed by atoms with Gasteiger partial charge in [0.15, 0.2) is 0 Å². The van der Waals surface area contributed by atoms with Crippen LogP contribution in [-0.4, -0.2) is 72.3 Å². The quantitative estimate of drug-likeness (QED) is 0.826. The summed E-state index contributed by atoms with van der Waals surface area (Å²) in [5, 5.41) is 9.26. The Balaban J connectivity index is 1.84. The van der Waals surface area contributed by atoms with Crippen LogP contribution in [0.2, 0.25) is 0 Å². The van der Waals surface area contributed by atoms with Crippen molar-refractivity contribution in [2.75, 3.05) is 46.5 Å². The summed E-state index contributed by atoms with van der Waals surface area (Å²) in [4.78, 5) is 20.3. The topological polar surface area (TPSA) is 65.9 Å². The van der Waals surface area contributed by atoms with E-state index >= 15 is 0 Å². The third kappa shape index (κ3) is 5.08. The van der Waals surface area contributed by atoms with Gasteiger partial charge in [-0.3, -0.25) is 14.7 Å². The summed E-state index contributed by atoms with van der Waals surface area (Å²) < 4.78 is 5.40. The molecule has 0 radical (unpaired) electrons. The minimum absolute atomic E-state index is 0.0116. The van der Waals surface area contributed by atoms with E-state index in [4.69, 9.17) is 4.74 Å². The molecule has 0 spiro atoms. The number of likely N-dealkylation sites (N-methyl/N-ethyl adjacent to an activating group) is 1. The van der Waals surface area contributed by atoms with Gasteiger partial charge < -0.3 is 14.7 Å². The van der Waals surface area contributed by atoms with E-state index in [0.717, 1.165) is 5.69 Å². The monoisotopic (exact) mass is 293 g/mol. The Morgan fingerprint density at radius 3 is 3.14 bits per heavy atom. The van der Waals surface area contributed by atoms with Gasteiger partial charge in [0.05, 0.1) is 25.5 Å². The minimum Gasteiger partial charge on any atom is -0.396 e. The lowest BCUT2D eigenvalue weighted by atomic mass is 10.1. The van der Waals surface area contributed by atoms with Crippen LogP contribution < -0.4 is 0 Å². The maximum Gasteiger partial charge on any atom is 0.236 e. The molecule has 1 saturated heterocycles. The van der Waals surface area contributed by atoms with Crippen molar-refractivity contribution in [1.82, 2.24) is 14.8 Å². The summed E-state index contributed by atoms with van der Waals surface area (Å²) in [6.07, 6.45) is 1.75. The number of carbonyl (C=O) groups excluding carboxylic acids is 1. The molecule has 2 rings (SSSR count). The Morgan fingerprint density at radius 2 is 2.43 bits per heavy atom. The van der Waals surface area contributed by atoms with Crippen molar-refractivity contribution in [1.29, 1.82) is 0 Å². The summed E-state index contributed by atoms with van der Waals surface area (Å²) in [7, 11) is 1.91. The van der Waals surface area contributed by atoms with E-state index < -0.39 is 0 Å². The van der Waals surface area contributed by atoms with Crippen LogP contribution in [0.4, 0.5) is 0 Å². The fourth-order valence-corrected chi connectivity index (χ4v) is 2.37. The molecule has 1 aromatic heterocycles. The van der Waals surface area contributed by atoms with Crippen LogP contribution in [-0.2, 0) is 16.1 Å². The first kappa shape index (κ1) is 15.9. The molecule has 1 atom stereocenters. The second kappa shape index (κ2) is 8.07. The Bertz CT molecular complexity index is 441. The van der Waals surface area contributed by atoms with Crippen LogP contribution in [0.25, 0.3) is 0 Å². The number of rotatable bonds is 5. The summed E-state index contributed by atoms with van der Waals surface area (Å²) in [5.41, 5.74) is 0.945. The summed E-state index contributed by atoms with van der Waals surface area (Å²) in [6.45, 7) is 3.23. The smallest absolute Gasteiger partial charge is 0.236 e. The highest BCUT2D eigenvalue weighted by Crippen LogP contribution is 2.08. The zero-order valence-electron chi connectivity index (χ0n) is 12.4. The van der Waals surface area contributed by atoms with E-state index in [0.29, 0.717) is 39.4 Å². The molecule has 0 saturated carbocycles. The van der Waals surface area contributed by atoms with Gasteiger partial charge >= 0.3 is 0 Å². The summed E-state index contributed by atoms with van der Waals surface area (Å²) in [5.74, 6) is 0.0786. The second-order valence-corrected chi connectivity index (χ2v) is 5.46. The second-order valence-electron chi connectivity index (χ2n) is 5.46. The molecular weight excluding hydrogens is 270 g/mol. The molecule has 1 amide bonds. The number of aliphatic hydroxyl groups is 1. The summed E-state index contributed by atoms with van der Waals surface area (Å²) in [6, 6.07) is 5.76. The summed E-state index contributed by atoms with van der Waals surface area (Å²) >= 11 is 0. The molecule has 6 nitrogen and oxygen atoms in total. The number of pyridine rings is 1. The van der Waals surface area contributed by atoms with Gasteiger partial charge in [0.25, 0.3) is 0 Å². The van der Waals surface area contributed by atoms with Gasteiger partial charge in [0, 0.05) is 38.4 Å². The molecule has 1 aliphatic rings. The zero-order valence-corrected chi connectivity index (χ0v) is 12.4. The van der Waals surface area contributed by atoms with Crippen LogP contribution in [0.15, 0.2) is 24.4 Å². The molecule has 116 valence electrons. The van der Waals surface area contributed by atoms with Crippen LogP contribution in [0, 0.1) is 5.92 Å². The lowest BCUT2D eigenvalue weighted by molar-refractivity contribution is -0.132. The molecule has 0 aliphatic carbocycles. The van der Waals surface area contributed by atoms with Crippen molar-refractivity contribution in [3.05, 3.63) is 30.1 Å². The number of hydrogen-bond donors (Lipinski definition) is 1. The lowest BCUT2D eigenvalue weighted by Gasteiger charge is -2.25. The fraction of sp³-hybridized carbons (Fsp3) is 0.600. The van der Waals surface area contributed by atoms with Crippen LogP contribution in [0.5, 0.6) is 0 Å². The molecule has 21 heavy (non-hydrogen) atoms. The molecule has 6 heteroatoms. The number of nitrogens with zero attached hydrogens (tertiary/aromatic N) is 3. The largest absolute Gasteiger partial charge is 0.396 e. The van der Waals surface area contributed by atoms with Crippen molar-refractivity contribution in [3.63, 3.8) is 0 Å². The number of aromatic nitrogens is 1. The Hall–Kier alpha value is -1.50. The van der Waals surface area contributed by atoms with Crippen LogP contribution in [0.1, 0.15) is 5.69 Å². The van der Waals surface area contributed by atoms with Crippen molar-refractivity contribution >= 4 is 5.91 Å². The molecule has 1 aromatic rings. The van der Waals surface area contributed by atoms with Gasteiger partial charge in [-0.1, -0.05) is 6.07 Å². The van der Waals surface area contributed by atoms with E-state index in [2.05, 4.69) is 4.98 Å². The Morgan fingerprint density at radius 1 is 1.57 bits per heavy atom. The standard InChI is InChI=1S/C15H23N3O3/c1-17(9-14-4-2-3-5-16-14)10-15(20)18-6-7-21-12-13(8-18)11-19/h2-5,13,19H,6-12H2,1H3/t13-/m0/s1. The highest BCUT2D eigenvalue weighted by Gasteiger charge is 2.22. The number of carbonyl (C=O) groups is 1. The number of hydrogen-bond acceptors (Lipinski definition) is 5. The predicted molar refractivity (Wildman–Crippen MR) is 78.5 cm³/mol. The first-order valence-corrected chi connectivity index (χ1v) is 7.24. The number of amides is 1. The van der Waals surface area contributed by atoms with Crippen LogP contribution in [0.3, 0.4) is 0 Å². The first-order valence-electron chi connectivity index (χ1n) is 7.24. The number of ether oxygens (including phenoxy) is 1. The molecule has 1 fully saturated rings. The fourth-order valence-electron chi connectivity index (χ4n) is 2.37. The third-order valence-electron chi connectivity index (χ3n) is 3.51. The average Bonchev–Trinajstić information content (AvgIpc) is 2.73. The van der Waals surface area contributed by atoms with Gasteiger partial charge in [0.1, 0.15) is 0 Å². The Kier molecular flexibility index (Phi) is 6.10. The van der Waals surface area contributed by atoms with Gasteiger partial charge in [0.2, 0.25) is 5.91 Å². The van der Waals surface area contributed by atoms with Crippen molar-refractivity contribution in [2.24, 2.45) is 5.92 Å². The predicted octanol–water partition coefficient (Wildman–Crippen LogP) is -0.0193. The first-order chi connectivity index (χ1) is 10.2. The van der Waals surface area contributed by atoms with E-state index in [-0.39, 0.29) is 18.4 Å². The Labute approximate surface area is 125 Å². The highest BCUT2D eigenvalue weighted by molar-refractivity contribution is 5.78. The maximum absolute atomic E-state index is 12.3. The van der Waals surface area contributed by atoms with E-state index in [1.54, 1.807) is 11.1 Å².